The minimum Gasteiger partial charge on any atom is -0.506 e. The molecule has 1 aromatic carbocycles. The van der Waals surface area contributed by atoms with Gasteiger partial charge in [-0.2, -0.15) is 0 Å². The molecule has 8 nitrogen and oxygen atoms in total. The molecule has 1 aliphatic heterocycles. The van der Waals surface area contributed by atoms with Gasteiger partial charge in [-0.1, -0.05) is 12.1 Å². The molecule has 1 aromatic heterocycles. The predicted molar refractivity (Wildman–Crippen MR) is 77.3 cm³/mol. The summed E-state index contributed by atoms with van der Waals surface area (Å²) in [4.78, 5) is 4.02. The molecule has 1 unspecified atom stereocenters. The van der Waals surface area contributed by atoms with Crippen molar-refractivity contribution in [2.24, 2.45) is 0 Å². The van der Waals surface area contributed by atoms with Gasteiger partial charge in [0.2, 0.25) is 5.79 Å². The third-order valence-electron chi connectivity index (χ3n) is 4.07. The Morgan fingerprint density at radius 1 is 1.17 bits per heavy atom. The first kappa shape index (κ1) is 16.1. The molecule has 0 radical (unpaired) electrons. The number of aliphatic hydroxyl groups is 5. The van der Waals surface area contributed by atoms with Gasteiger partial charge >= 0.3 is 0 Å². The molecule has 0 amide bonds. The summed E-state index contributed by atoms with van der Waals surface area (Å²) in [6.07, 6.45) is -5.21. The lowest BCUT2D eigenvalue weighted by Crippen LogP contribution is -2.63. The maximum Gasteiger partial charge on any atom is 0.224 e. The first-order chi connectivity index (χ1) is 10.9. The molecule has 2 heterocycles. The van der Waals surface area contributed by atoms with Crippen molar-refractivity contribution in [1.82, 2.24) is 4.98 Å². The molecule has 1 saturated heterocycles. The van der Waals surface area contributed by atoms with Crippen LogP contribution < -0.4 is 0 Å². The third-order valence-corrected chi connectivity index (χ3v) is 4.07. The Hall–Kier alpha value is -1.81. The van der Waals surface area contributed by atoms with E-state index in [-0.39, 0.29) is 11.3 Å². The number of nitrogens with zero attached hydrogens (tertiary/aromatic N) is 1. The van der Waals surface area contributed by atoms with Crippen LogP contribution >= 0.6 is 0 Å². The number of aromatic nitrogens is 1. The Kier molecular flexibility index (Phi) is 3.96. The van der Waals surface area contributed by atoms with E-state index >= 15 is 0 Å². The normalized spacial score (nSPS) is 34.7. The van der Waals surface area contributed by atoms with Crippen molar-refractivity contribution in [3.63, 3.8) is 0 Å². The van der Waals surface area contributed by atoms with Crippen molar-refractivity contribution in [2.75, 3.05) is 6.61 Å². The van der Waals surface area contributed by atoms with E-state index in [2.05, 4.69) is 4.98 Å². The monoisotopic (exact) mass is 323 g/mol. The lowest BCUT2D eigenvalue weighted by molar-refractivity contribution is -0.357. The molecule has 0 bridgehead atoms. The van der Waals surface area contributed by atoms with Crippen LogP contribution in [0.4, 0.5) is 0 Å². The first-order valence-corrected chi connectivity index (χ1v) is 7.02. The molecule has 124 valence electrons. The Balaban J connectivity index is 2.08. The second-order valence-electron chi connectivity index (χ2n) is 5.53. The summed E-state index contributed by atoms with van der Waals surface area (Å²) in [5.74, 6) is -2.41. The first-order valence-electron chi connectivity index (χ1n) is 7.02. The van der Waals surface area contributed by atoms with E-state index in [1.54, 1.807) is 12.1 Å². The lowest BCUT2D eigenvalue weighted by atomic mass is 9.88. The molecule has 1 aliphatic rings. The molecule has 0 aliphatic carbocycles. The van der Waals surface area contributed by atoms with Crippen LogP contribution in [0, 0.1) is 0 Å². The van der Waals surface area contributed by atoms with E-state index < -0.39 is 36.8 Å². The molecule has 0 spiro atoms. The summed E-state index contributed by atoms with van der Waals surface area (Å²) in [5, 5.41) is 59.8. The molecule has 5 atom stereocenters. The molecule has 3 rings (SSSR count). The number of phenolic OH excluding ortho intramolecular Hbond substituents is 1. The van der Waals surface area contributed by atoms with Gasteiger partial charge in [0.05, 0.1) is 6.61 Å². The lowest BCUT2D eigenvalue weighted by Gasteiger charge is -2.45. The Morgan fingerprint density at radius 2 is 1.91 bits per heavy atom. The quantitative estimate of drug-likeness (QED) is 0.394. The van der Waals surface area contributed by atoms with Gasteiger partial charge in [0.15, 0.2) is 0 Å². The van der Waals surface area contributed by atoms with Gasteiger partial charge in [-0.25, -0.2) is 0 Å². The average Bonchev–Trinajstić information content (AvgIpc) is 2.56. The zero-order valence-electron chi connectivity index (χ0n) is 11.9. The number of rotatable bonds is 2. The van der Waals surface area contributed by atoms with Crippen molar-refractivity contribution in [2.45, 2.75) is 30.2 Å². The van der Waals surface area contributed by atoms with Gasteiger partial charge in [0.1, 0.15) is 35.7 Å². The number of benzene rings is 1. The zero-order valence-corrected chi connectivity index (χ0v) is 11.9. The van der Waals surface area contributed by atoms with E-state index in [1.807, 2.05) is 0 Å². The number of ether oxygens (including phenoxy) is 1. The molecule has 2 aromatic rings. The highest BCUT2D eigenvalue weighted by molar-refractivity contribution is 5.84. The second-order valence-corrected chi connectivity index (χ2v) is 5.53. The largest absolute Gasteiger partial charge is 0.506 e. The predicted octanol–water partition coefficient (Wildman–Crippen LogP) is -1.44. The van der Waals surface area contributed by atoms with E-state index in [4.69, 9.17) is 4.74 Å². The molecular weight excluding hydrogens is 306 g/mol. The van der Waals surface area contributed by atoms with E-state index in [0.717, 1.165) is 0 Å². The smallest absolute Gasteiger partial charge is 0.224 e. The fraction of sp³-hybridized carbons (Fsp3) is 0.400. The topological polar surface area (TPSA) is 144 Å². The molecule has 23 heavy (non-hydrogen) atoms. The fourth-order valence-corrected chi connectivity index (χ4v) is 2.73. The average molecular weight is 323 g/mol. The third kappa shape index (κ3) is 2.45. The van der Waals surface area contributed by atoms with Crippen LogP contribution in [-0.4, -0.2) is 66.6 Å². The molecule has 8 heteroatoms. The highest BCUT2D eigenvalue weighted by Gasteiger charge is 2.53. The number of pyridine rings is 1. The fourth-order valence-electron chi connectivity index (χ4n) is 2.73. The van der Waals surface area contributed by atoms with E-state index in [0.29, 0.717) is 10.9 Å². The van der Waals surface area contributed by atoms with Crippen molar-refractivity contribution in [3.8, 4) is 5.75 Å². The minimum atomic E-state index is -2.36. The summed E-state index contributed by atoms with van der Waals surface area (Å²) in [6, 6.07) is 6.11. The van der Waals surface area contributed by atoms with Gasteiger partial charge in [0.25, 0.3) is 0 Å². The summed E-state index contributed by atoms with van der Waals surface area (Å²) >= 11 is 0. The molecule has 6 N–H and O–H groups in total. The minimum absolute atomic E-state index is 0.0208. The SMILES string of the molecule is OC[C@H]1OC(O)(c2cnc3c(O)cccc3c2)[C@H](O)[C@@H](O)[C@H]1O. The van der Waals surface area contributed by atoms with Crippen LogP contribution in [0.15, 0.2) is 30.5 Å². The van der Waals surface area contributed by atoms with Gasteiger partial charge in [-0.3, -0.25) is 4.98 Å². The standard InChI is InChI=1S/C15H17NO7/c17-6-10-12(19)13(20)14(21)15(22,23-10)8-4-7-2-1-3-9(18)11(7)16-5-8/h1-5,10,12-14,17-22H,6H2/t10-,12+,13+,14-,15?/m1/s1. The van der Waals surface area contributed by atoms with Crippen molar-refractivity contribution in [3.05, 3.63) is 36.0 Å². The van der Waals surface area contributed by atoms with Crippen LogP contribution in [0.3, 0.4) is 0 Å². The summed E-state index contributed by atoms with van der Waals surface area (Å²) in [5.41, 5.74) is 0.317. The van der Waals surface area contributed by atoms with Gasteiger partial charge < -0.3 is 35.4 Å². The number of aromatic hydroxyl groups is 1. The number of hydrogen-bond donors (Lipinski definition) is 6. The second kappa shape index (κ2) is 5.68. The molecule has 0 saturated carbocycles. The highest BCUT2D eigenvalue weighted by Crippen LogP contribution is 2.37. The van der Waals surface area contributed by atoms with Crippen LogP contribution in [-0.2, 0) is 10.5 Å². The highest BCUT2D eigenvalue weighted by atomic mass is 16.7. The van der Waals surface area contributed by atoms with E-state index in [9.17, 15) is 30.6 Å². The molecular formula is C15H17NO7. The van der Waals surface area contributed by atoms with Crippen LogP contribution in [0.25, 0.3) is 10.9 Å². The van der Waals surface area contributed by atoms with Crippen LogP contribution in [0.1, 0.15) is 5.56 Å². The maximum atomic E-state index is 10.7. The maximum absolute atomic E-state index is 10.7. The van der Waals surface area contributed by atoms with Crippen LogP contribution in [0.5, 0.6) is 5.75 Å². The number of fused-ring (bicyclic) bond motifs is 1. The number of phenols is 1. The van der Waals surface area contributed by atoms with E-state index in [1.165, 1.54) is 18.3 Å². The summed E-state index contributed by atoms with van der Waals surface area (Å²) in [7, 11) is 0. The summed E-state index contributed by atoms with van der Waals surface area (Å²) < 4.78 is 5.23. The Labute approximate surface area is 130 Å². The van der Waals surface area contributed by atoms with Crippen molar-refractivity contribution >= 4 is 10.9 Å². The Bertz CT molecular complexity index is 722. The zero-order chi connectivity index (χ0) is 16.8. The molecule has 1 fully saturated rings. The number of hydrogen-bond acceptors (Lipinski definition) is 8. The van der Waals surface area contributed by atoms with Crippen molar-refractivity contribution in [1.29, 1.82) is 0 Å². The number of para-hydroxylation sites is 1. The summed E-state index contributed by atoms with van der Waals surface area (Å²) in [6.45, 7) is -0.658. The van der Waals surface area contributed by atoms with Crippen LogP contribution in [0.2, 0.25) is 0 Å². The van der Waals surface area contributed by atoms with Gasteiger partial charge in [-0.05, 0) is 12.1 Å². The van der Waals surface area contributed by atoms with Gasteiger partial charge in [0, 0.05) is 17.1 Å². The Morgan fingerprint density at radius 3 is 2.61 bits per heavy atom. The number of aliphatic hydroxyl groups excluding tert-OH is 4. The van der Waals surface area contributed by atoms with Gasteiger partial charge in [-0.15, -0.1) is 0 Å². The van der Waals surface area contributed by atoms with Crippen molar-refractivity contribution < 1.29 is 35.4 Å².